The van der Waals surface area contributed by atoms with Gasteiger partial charge in [-0.1, -0.05) is 6.07 Å². The maximum atomic E-state index is 12.3. The molecule has 0 bridgehead atoms. The van der Waals surface area contributed by atoms with E-state index < -0.39 is 28.8 Å². The molecule has 0 saturated heterocycles. The molecule has 0 aliphatic carbocycles. The molecule has 0 saturated carbocycles. The van der Waals surface area contributed by atoms with Crippen molar-refractivity contribution in [2.24, 2.45) is 0 Å². The van der Waals surface area contributed by atoms with Crippen LogP contribution in [0.25, 0.3) is 0 Å². The first-order valence-electron chi connectivity index (χ1n) is 7.00. The van der Waals surface area contributed by atoms with Gasteiger partial charge in [0.25, 0.3) is 10.0 Å². The van der Waals surface area contributed by atoms with Gasteiger partial charge in [0.1, 0.15) is 0 Å². The molecule has 7 nitrogen and oxygen atoms in total. The van der Waals surface area contributed by atoms with Gasteiger partial charge in [-0.25, -0.2) is 18.2 Å². The van der Waals surface area contributed by atoms with E-state index in [1.54, 1.807) is 0 Å². The molecule has 0 fully saturated rings. The van der Waals surface area contributed by atoms with Crippen LogP contribution in [0.4, 0.5) is 18.9 Å². The van der Waals surface area contributed by atoms with Gasteiger partial charge in [-0.3, -0.25) is 4.72 Å². The molecule has 140 valence electrons. The topological polar surface area (TPSA) is 106 Å². The Bertz CT molecular complexity index is 912. The zero-order chi connectivity index (χ0) is 19.5. The number of aromatic nitrogens is 1. The molecule has 2 aromatic rings. The van der Waals surface area contributed by atoms with Crippen molar-refractivity contribution in [2.75, 3.05) is 11.3 Å². The summed E-state index contributed by atoms with van der Waals surface area (Å²) in [5.41, 5.74) is 0.202. The number of halogens is 3. The zero-order valence-corrected chi connectivity index (χ0v) is 14.1. The molecule has 2 N–H and O–H groups in total. The SMILES string of the molecule is Cc1ccc(S(=O)(=O)Nc2ccc(OCC(F)(F)F)nc2)cc1C(=O)O. The maximum Gasteiger partial charge on any atom is 0.422 e. The van der Waals surface area contributed by atoms with Crippen molar-refractivity contribution in [3.63, 3.8) is 0 Å². The number of benzene rings is 1. The average molecular weight is 390 g/mol. The third kappa shape index (κ3) is 5.09. The smallest absolute Gasteiger partial charge is 0.422 e. The standard InChI is InChI=1S/C15H13F3N2O5S/c1-9-2-4-11(6-12(9)14(21)22)26(23,24)20-10-3-5-13(19-7-10)25-8-15(16,17)18/h2-7,20H,8H2,1H3,(H,21,22). The summed E-state index contributed by atoms with van der Waals surface area (Å²) in [4.78, 5) is 14.4. The fraction of sp³-hybridized carbons (Fsp3) is 0.200. The molecule has 1 heterocycles. The number of carbonyl (C=O) groups is 1. The van der Waals surface area contributed by atoms with E-state index in [0.29, 0.717) is 5.56 Å². The number of nitrogens with zero attached hydrogens (tertiary/aromatic N) is 1. The lowest BCUT2D eigenvalue weighted by Crippen LogP contribution is -2.19. The first kappa shape index (κ1) is 19.5. The summed E-state index contributed by atoms with van der Waals surface area (Å²) < 4.78 is 67.4. The number of ether oxygens (including phenoxy) is 1. The van der Waals surface area contributed by atoms with Crippen molar-refractivity contribution < 1.29 is 36.2 Å². The molecular weight excluding hydrogens is 377 g/mol. The van der Waals surface area contributed by atoms with Crippen LogP contribution < -0.4 is 9.46 Å². The van der Waals surface area contributed by atoms with Crippen LogP contribution in [-0.2, 0) is 10.0 Å². The van der Waals surface area contributed by atoms with E-state index in [2.05, 4.69) is 14.4 Å². The lowest BCUT2D eigenvalue weighted by Gasteiger charge is -2.11. The number of anilines is 1. The Kier molecular flexibility index (Phi) is 5.40. The van der Waals surface area contributed by atoms with E-state index in [4.69, 9.17) is 5.11 Å². The Balaban J connectivity index is 2.17. The van der Waals surface area contributed by atoms with Crippen molar-refractivity contribution in [3.05, 3.63) is 47.7 Å². The second-order valence-corrected chi connectivity index (χ2v) is 6.86. The summed E-state index contributed by atoms with van der Waals surface area (Å²) in [6.45, 7) is 0.00325. The fourth-order valence-electron chi connectivity index (χ4n) is 1.89. The van der Waals surface area contributed by atoms with Gasteiger partial charge >= 0.3 is 12.1 Å². The van der Waals surface area contributed by atoms with Crippen LogP contribution in [0.1, 0.15) is 15.9 Å². The highest BCUT2D eigenvalue weighted by Crippen LogP contribution is 2.21. The van der Waals surface area contributed by atoms with Gasteiger partial charge in [0, 0.05) is 6.07 Å². The molecule has 1 aromatic heterocycles. The van der Waals surface area contributed by atoms with Crippen molar-refractivity contribution in [2.45, 2.75) is 18.0 Å². The van der Waals surface area contributed by atoms with Crippen molar-refractivity contribution in [1.29, 1.82) is 0 Å². The lowest BCUT2D eigenvalue weighted by molar-refractivity contribution is -0.154. The van der Waals surface area contributed by atoms with Crippen molar-refractivity contribution >= 4 is 21.7 Å². The summed E-state index contributed by atoms with van der Waals surface area (Å²) >= 11 is 0. The lowest BCUT2D eigenvalue weighted by atomic mass is 10.1. The van der Waals surface area contributed by atoms with Crippen LogP contribution in [0.5, 0.6) is 5.88 Å². The van der Waals surface area contributed by atoms with Gasteiger partial charge in [0.2, 0.25) is 5.88 Å². The highest BCUT2D eigenvalue weighted by atomic mass is 32.2. The molecule has 26 heavy (non-hydrogen) atoms. The number of sulfonamides is 1. The Labute approximate surface area is 146 Å². The zero-order valence-electron chi connectivity index (χ0n) is 13.2. The molecule has 0 amide bonds. The average Bonchev–Trinajstić information content (AvgIpc) is 2.53. The van der Waals surface area contributed by atoms with E-state index in [-0.39, 0.29) is 22.0 Å². The molecule has 11 heteroatoms. The highest BCUT2D eigenvalue weighted by molar-refractivity contribution is 7.92. The molecule has 0 aliphatic heterocycles. The minimum Gasteiger partial charge on any atom is -0.478 e. The molecule has 2 rings (SSSR count). The Hall–Kier alpha value is -2.82. The van der Waals surface area contributed by atoms with Gasteiger partial charge in [-0.2, -0.15) is 13.2 Å². The van der Waals surface area contributed by atoms with Gasteiger partial charge in [0.05, 0.1) is 22.3 Å². The largest absolute Gasteiger partial charge is 0.478 e. The number of pyridine rings is 1. The number of aryl methyl sites for hydroxylation is 1. The minimum absolute atomic E-state index is 0.0261. The molecule has 0 spiro atoms. The van der Waals surface area contributed by atoms with E-state index in [0.717, 1.165) is 18.3 Å². The van der Waals surface area contributed by atoms with Gasteiger partial charge < -0.3 is 9.84 Å². The van der Waals surface area contributed by atoms with Crippen molar-refractivity contribution in [3.8, 4) is 5.88 Å². The Morgan fingerprint density at radius 2 is 1.96 bits per heavy atom. The quantitative estimate of drug-likeness (QED) is 0.786. The van der Waals surface area contributed by atoms with E-state index >= 15 is 0 Å². The molecule has 0 radical (unpaired) electrons. The highest BCUT2D eigenvalue weighted by Gasteiger charge is 2.28. The number of aromatic carboxylic acids is 1. The fourth-order valence-corrected chi connectivity index (χ4v) is 2.96. The molecular formula is C15H13F3N2O5S. The van der Waals surface area contributed by atoms with Crippen LogP contribution in [0, 0.1) is 6.92 Å². The normalized spacial score (nSPS) is 11.8. The predicted octanol–water partition coefficient (Wildman–Crippen LogP) is 2.83. The first-order chi connectivity index (χ1) is 12.0. The summed E-state index contributed by atoms with van der Waals surface area (Å²) in [7, 11) is -4.11. The van der Waals surface area contributed by atoms with E-state index in [1.807, 2.05) is 0 Å². The number of hydrogen-bond donors (Lipinski definition) is 2. The summed E-state index contributed by atoms with van der Waals surface area (Å²) in [6.07, 6.45) is -3.54. The minimum atomic E-state index is -4.52. The monoisotopic (exact) mass is 390 g/mol. The number of hydrogen-bond acceptors (Lipinski definition) is 5. The second-order valence-electron chi connectivity index (χ2n) is 5.18. The third-order valence-electron chi connectivity index (χ3n) is 3.12. The molecule has 1 aromatic carbocycles. The van der Waals surface area contributed by atoms with Gasteiger partial charge in [0.15, 0.2) is 6.61 Å². The molecule has 0 atom stereocenters. The first-order valence-corrected chi connectivity index (χ1v) is 8.48. The van der Waals surface area contributed by atoms with E-state index in [1.165, 1.54) is 25.1 Å². The van der Waals surface area contributed by atoms with Gasteiger partial charge in [-0.05, 0) is 30.7 Å². The molecule has 0 unspecified atom stereocenters. The predicted molar refractivity (Wildman–Crippen MR) is 84.7 cm³/mol. The number of rotatable bonds is 6. The second kappa shape index (κ2) is 7.20. The van der Waals surface area contributed by atoms with E-state index in [9.17, 15) is 26.4 Å². The third-order valence-corrected chi connectivity index (χ3v) is 4.50. The summed E-state index contributed by atoms with van der Waals surface area (Å²) in [5, 5.41) is 9.06. The van der Waals surface area contributed by atoms with Gasteiger partial charge in [-0.15, -0.1) is 0 Å². The Morgan fingerprint density at radius 1 is 1.27 bits per heavy atom. The van der Waals surface area contributed by atoms with Crippen LogP contribution in [-0.4, -0.2) is 37.3 Å². The maximum absolute atomic E-state index is 12.3. The summed E-state index contributed by atoms with van der Waals surface area (Å²) in [6, 6.07) is 5.83. The van der Waals surface area contributed by atoms with Crippen molar-refractivity contribution in [1.82, 2.24) is 4.98 Å². The summed E-state index contributed by atoms with van der Waals surface area (Å²) in [5.74, 6) is -1.60. The van der Waals surface area contributed by atoms with Crippen LogP contribution in [0.2, 0.25) is 0 Å². The number of carboxylic acids is 1. The number of alkyl halides is 3. The van der Waals surface area contributed by atoms with Crippen LogP contribution in [0.15, 0.2) is 41.4 Å². The number of nitrogens with one attached hydrogen (secondary N) is 1. The number of carboxylic acid groups (broad SMARTS) is 1. The van der Waals surface area contributed by atoms with Crippen LogP contribution >= 0.6 is 0 Å². The van der Waals surface area contributed by atoms with Crippen LogP contribution in [0.3, 0.4) is 0 Å². The molecule has 0 aliphatic rings. The Morgan fingerprint density at radius 3 is 2.50 bits per heavy atom.